The van der Waals surface area contributed by atoms with Crippen LogP contribution in [0.5, 0.6) is 11.5 Å². The van der Waals surface area contributed by atoms with Crippen molar-refractivity contribution in [3.8, 4) is 28.7 Å². The van der Waals surface area contributed by atoms with Crippen LogP contribution in [0.25, 0.3) is 17.2 Å². The molecule has 0 saturated carbocycles. The molecule has 9 heteroatoms. The Morgan fingerprint density at radius 3 is 2.63 bits per heavy atom. The van der Waals surface area contributed by atoms with Crippen LogP contribution in [0.4, 0.5) is 0 Å². The second-order valence-electron chi connectivity index (χ2n) is 11.5. The van der Waals surface area contributed by atoms with Crippen LogP contribution in [-0.2, 0) is 24.1 Å². The van der Waals surface area contributed by atoms with E-state index in [4.69, 9.17) is 19.2 Å². The molecule has 38 heavy (non-hydrogen) atoms. The lowest BCUT2D eigenvalue weighted by molar-refractivity contribution is -0.0373. The molecular formula is C29H39N5O4. The Morgan fingerprint density at radius 2 is 1.95 bits per heavy atom. The number of benzene rings is 1. The number of aromatic nitrogens is 4. The fraction of sp³-hybridized carbons (Fsp3) is 0.552. The van der Waals surface area contributed by atoms with Gasteiger partial charge in [0.15, 0.2) is 23.0 Å². The van der Waals surface area contributed by atoms with E-state index in [0.717, 1.165) is 35.6 Å². The Kier molecular flexibility index (Phi) is 6.98. The van der Waals surface area contributed by atoms with Crippen molar-refractivity contribution in [3.63, 3.8) is 0 Å². The molecule has 1 amide bonds. The van der Waals surface area contributed by atoms with Gasteiger partial charge >= 0.3 is 0 Å². The number of carbonyl (C=O) groups excluding carboxylic acids is 1. The number of hydrogen-bond acceptors (Lipinski definition) is 6. The van der Waals surface area contributed by atoms with Gasteiger partial charge in [-0.25, -0.2) is 4.98 Å². The van der Waals surface area contributed by atoms with Crippen molar-refractivity contribution in [3.05, 3.63) is 41.3 Å². The molecule has 0 spiro atoms. The van der Waals surface area contributed by atoms with E-state index in [0.29, 0.717) is 55.1 Å². The Hall–Kier alpha value is -3.33. The predicted molar refractivity (Wildman–Crippen MR) is 145 cm³/mol. The molecule has 0 N–H and O–H groups in total. The van der Waals surface area contributed by atoms with Crippen LogP contribution in [0.1, 0.15) is 63.3 Å². The number of aryl methyl sites for hydroxylation is 1. The molecule has 204 valence electrons. The van der Waals surface area contributed by atoms with Gasteiger partial charge in [0.25, 0.3) is 5.91 Å². The van der Waals surface area contributed by atoms with E-state index in [1.54, 1.807) is 13.3 Å². The number of morpholine rings is 1. The van der Waals surface area contributed by atoms with E-state index in [-0.39, 0.29) is 12.0 Å². The van der Waals surface area contributed by atoms with Gasteiger partial charge in [0.05, 0.1) is 43.3 Å². The van der Waals surface area contributed by atoms with E-state index in [1.165, 1.54) is 0 Å². The normalized spacial score (nSPS) is 16.5. The van der Waals surface area contributed by atoms with E-state index in [1.807, 2.05) is 49.4 Å². The summed E-state index contributed by atoms with van der Waals surface area (Å²) in [4.78, 5) is 21.1. The van der Waals surface area contributed by atoms with Crippen LogP contribution in [0.2, 0.25) is 0 Å². The summed E-state index contributed by atoms with van der Waals surface area (Å²) in [6.07, 6.45) is 3.26. The van der Waals surface area contributed by atoms with Crippen LogP contribution in [0, 0.1) is 5.92 Å². The summed E-state index contributed by atoms with van der Waals surface area (Å²) in [7, 11) is 1.66. The quantitative estimate of drug-likeness (QED) is 0.454. The average Bonchev–Trinajstić information content (AvgIpc) is 3.46. The zero-order chi connectivity index (χ0) is 27.2. The second kappa shape index (κ2) is 10.1. The molecule has 0 unspecified atom stereocenters. The maximum Gasteiger partial charge on any atom is 0.274 e. The molecule has 3 aromatic rings. The average molecular weight is 522 g/mol. The van der Waals surface area contributed by atoms with Crippen molar-refractivity contribution in [1.29, 1.82) is 0 Å². The third-order valence-corrected chi connectivity index (χ3v) is 7.15. The number of fused-ring (bicyclic) bond motifs is 3. The van der Waals surface area contributed by atoms with Gasteiger partial charge in [0.2, 0.25) is 0 Å². The number of carbonyl (C=O) groups is 1. The third kappa shape index (κ3) is 4.68. The maximum absolute atomic E-state index is 14.1. The highest BCUT2D eigenvalue weighted by atomic mass is 16.5. The Bertz CT molecular complexity index is 1340. The predicted octanol–water partition coefficient (Wildman–Crippen LogP) is 4.54. The largest absolute Gasteiger partial charge is 0.493 e. The zero-order valence-corrected chi connectivity index (χ0v) is 23.6. The standard InChI is InChI=1S/C29H39N5O4/c1-18(2)16-33-22(10-11-30-33)27-31-26(28(35)32-12-13-37-17-29(32,5)6)21-9-8-20-14-24(36-7)25(38-19(3)4)15-23(20)34(21)27/h10-11,14-15,18-19H,8-9,12-13,16-17H2,1-7H3. The second-order valence-corrected chi connectivity index (χ2v) is 11.5. The Labute approximate surface area is 224 Å². The van der Waals surface area contributed by atoms with Crippen LogP contribution in [-0.4, -0.2) is 68.6 Å². The van der Waals surface area contributed by atoms with Gasteiger partial charge in [-0.15, -0.1) is 0 Å². The monoisotopic (exact) mass is 521 g/mol. The fourth-order valence-electron chi connectivity index (χ4n) is 5.42. The molecule has 9 nitrogen and oxygen atoms in total. The summed E-state index contributed by atoms with van der Waals surface area (Å²) >= 11 is 0. The third-order valence-electron chi connectivity index (χ3n) is 7.15. The van der Waals surface area contributed by atoms with Gasteiger partial charge in [-0.3, -0.25) is 14.0 Å². The summed E-state index contributed by atoms with van der Waals surface area (Å²) in [6.45, 7) is 14.7. The van der Waals surface area contributed by atoms with Crippen LogP contribution < -0.4 is 9.47 Å². The van der Waals surface area contributed by atoms with Crippen molar-refractivity contribution >= 4 is 5.91 Å². The van der Waals surface area contributed by atoms with Gasteiger partial charge in [-0.05, 0) is 64.2 Å². The first-order valence-corrected chi connectivity index (χ1v) is 13.5. The molecule has 1 saturated heterocycles. The highest BCUT2D eigenvalue weighted by Crippen LogP contribution is 2.40. The molecule has 5 rings (SSSR count). The summed E-state index contributed by atoms with van der Waals surface area (Å²) in [5, 5.41) is 4.60. The molecule has 0 atom stereocenters. The first kappa shape index (κ1) is 26.3. The van der Waals surface area contributed by atoms with Gasteiger partial charge in [-0.2, -0.15) is 5.10 Å². The lowest BCUT2D eigenvalue weighted by Gasteiger charge is -2.41. The Balaban J connectivity index is 1.72. The smallest absolute Gasteiger partial charge is 0.274 e. The van der Waals surface area contributed by atoms with Crippen molar-refractivity contribution in [2.75, 3.05) is 26.9 Å². The minimum Gasteiger partial charge on any atom is -0.493 e. The number of nitrogens with zero attached hydrogens (tertiary/aromatic N) is 5. The molecule has 0 bridgehead atoms. The van der Waals surface area contributed by atoms with Crippen LogP contribution in [0.3, 0.4) is 0 Å². The highest BCUT2D eigenvalue weighted by molar-refractivity contribution is 5.95. The lowest BCUT2D eigenvalue weighted by Crippen LogP contribution is -2.55. The molecule has 1 aromatic carbocycles. The number of hydrogen-bond donors (Lipinski definition) is 0. The van der Waals surface area contributed by atoms with Gasteiger partial charge in [0.1, 0.15) is 5.69 Å². The number of rotatable bonds is 7. The van der Waals surface area contributed by atoms with Crippen LogP contribution in [0.15, 0.2) is 24.4 Å². The number of ether oxygens (including phenoxy) is 3. The van der Waals surface area contributed by atoms with Gasteiger partial charge in [-0.1, -0.05) is 13.8 Å². The maximum atomic E-state index is 14.1. The van der Waals surface area contributed by atoms with E-state index >= 15 is 0 Å². The molecule has 0 aliphatic carbocycles. The van der Waals surface area contributed by atoms with Crippen LogP contribution >= 0.6 is 0 Å². The number of amides is 1. The lowest BCUT2D eigenvalue weighted by atomic mass is 9.98. The van der Waals surface area contributed by atoms with E-state index in [9.17, 15) is 4.79 Å². The molecule has 0 radical (unpaired) electrons. The van der Waals surface area contributed by atoms with Crippen molar-refractivity contribution in [2.45, 2.75) is 72.6 Å². The summed E-state index contributed by atoms with van der Waals surface area (Å²) in [5.74, 6) is 2.45. The molecule has 1 fully saturated rings. The zero-order valence-electron chi connectivity index (χ0n) is 23.6. The molecule has 2 aliphatic rings. The van der Waals surface area contributed by atoms with E-state index < -0.39 is 5.54 Å². The molecule has 2 aliphatic heterocycles. The van der Waals surface area contributed by atoms with Crippen molar-refractivity contribution in [2.24, 2.45) is 5.92 Å². The summed E-state index contributed by atoms with van der Waals surface area (Å²) in [6, 6.07) is 6.06. The topological polar surface area (TPSA) is 83.6 Å². The van der Waals surface area contributed by atoms with E-state index in [2.05, 4.69) is 29.6 Å². The fourth-order valence-corrected chi connectivity index (χ4v) is 5.42. The SMILES string of the molecule is COc1cc2c(cc1OC(C)C)-n1c(-c3ccnn3CC(C)C)nc(C(=O)N3CCOCC3(C)C)c1CC2. The first-order chi connectivity index (χ1) is 18.1. The molecular weight excluding hydrogens is 482 g/mol. The molecule has 2 aromatic heterocycles. The first-order valence-electron chi connectivity index (χ1n) is 13.5. The minimum atomic E-state index is -0.413. The van der Waals surface area contributed by atoms with Crippen molar-refractivity contribution in [1.82, 2.24) is 24.2 Å². The summed E-state index contributed by atoms with van der Waals surface area (Å²) in [5.41, 5.74) is 3.98. The van der Waals surface area contributed by atoms with Crippen molar-refractivity contribution < 1.29 is 19.0 Å². The molecule has 4 heterocycles. The van der Waals surface area contributed by atoms with Gasteiger partial charge < -0.3 is 19.1 Å². The number of methoxy groups -OCH3 is 1. The minimum absolute atomic E-state index is 0.0135. The summed E-state index contributed by atoms with van der Waals surface area (Å²) < 4.78 is 21.6. The van der Waals surface area contributed by atoms with Gasteiger partial charge in [0, 0.05) is 25.4 Å². The number of imidazole rings is 1. The highest BCUT2D eigenvalue weighted by Gasteiger charge is 2.39. The Morgan fingerprint density at radius 1 is 1.16 bits per heavy atom.